The highest BCUT2D eigenvalue weighted by Crippen LogP contribution is 2.21. The zero-order valence-electron chi connectivity index (χ0n) is 12.4. The molecule has 0 bridgehead atoms. The summed E-state index contributed by atoms with van der Waals surface area (Å²) in [5.41, 5.74) is 0. The molecule has 0 aliphatic carbocycles. The lowest BCUT2D eigenvalue weighted by Gasteiger charge is -2.33. The zero-order valence-corrected chi connectivity index (χ0v) is 13.3. The highest BCUT2D eigenvalue weighted by molar-refractivity contribution is 7.13. The minimum Gasteiger partial charge on any atom is -0.338 e. The van der Waals surface area contributed by atoms with Gasteiger partial charge in [0.2, 0.25) is 11.7 Å². The predicted octanol–water partition coefficient (Wildman–Crippen LogP) is 2.22. The molecule has 1 fully saturated rings. The van der Waals surface area contributed by atoms with E-state index >= 15 is 0 Å². The van der Waals surface area contributed by atoms with Crippen molar-refractivity contribution in [2.75, 3.05) is 32.7 Å². The van der Waals surface area contributed by atoms with Gasteiger partial charge in [0.05, 0.1) is 17.5 Å². The molecule has 2 aromatic heterocycles. The van der Waals surface area contributed by atoms with Gasteiger partial charge >= 0.3 is 0 Å². The lowest BCUT2D eigenvalue weighted by atomic mass is 10.2. The van der Waals surface area contributed by atoms with Crippen molar-refractivity contribution >= 4 is 11.3 Å². The van der Waals surface area contributed by atoms with E-state index in [0.29, 0.717) is 24.7 Å². The van der Waals surface area contributed by atoms with Crippen LogP contribution in [-0.4, -0.2) is 52.7 Å². The summed E-state index contributed by atoms with van der Waals surface area (Å²) in [7, 11) is 0. The minimum absolute atomic E-state index is 0.647. The average Bonchev–Trinajstić information content (AvgIpc) is 3.20. The number of rotatable bonds is 6. The van der Waals surface area contributed by atoms with E-state index in [1.807, 2.05) is 17.5 Å². The molecular formula is C15H19N5OS. The maximum absolute atomic E-state index is 8.57. The summed E-state index contributed by atoms with van der Waals surface area (Å²) >= 11 is 1.62. The molecule has 0 amide bonds. The maximum atomic E-state index is 8.57. The van der Waals surface area contributed by atoms with Gasteiger partial charge < -0.3 is 9.42 Å². The first-order valence-electron chi connectivity index (χ1n) is 7.53. The van der Waals surface area contributed by atoms with Crippen LogP contribution in [0.25, 0.3) is 10.7 Å². The molecule has 0 aromatic carbocycles. The third kappa shape index (κ3) is 3.91. The van der Waals surface area contributed by atoms with Crippen LogP contribution in [0.3, 0.4) is 0 Å². The van der Waals surface area contributed by atoms with E-state index in [1.165, 1.54) is 0 Å². The summed E-state index contributed by atoms with van der Waals surface area (Å²) in [6.45, 7) is 5.82. The van der Waals surface area contributed by atoms with Crippen LogP contribution in [-0.2, 0) is 6.54 Å². The number of thiophene rings is 1. The van der Waals surface area contributed by atoms with E-state index < -0.39 is 0 Å². The Hall–Kier alpha value is -1.75. The maximum Gasteiger partial charge on any atom is 0.241 e. The van der Waals surface area contributed by atoms with Crippen molar-refractivity contribution in [2.24, 2.45) is 0 Å². The number of piperazine rings is 1. The Morgan fingerprint density at radius 3 is 2.82 bits per heavy atom. The highest BCUT2D eigenvalue weighted by Gasteiger charge is 2.19. The minimum atomic E-state index is 0.647. The zero-order chi connectivity index (χ0) is 15.2. The Morgan fingerprint density at radius 2 is 2.09 bits per heavy atom. The van der Waals surface area contributed by atoms with Crippen LogP contribution >= 0.6 is 11.3 Å². The fourth-order valence-electron chi connectivity index (χ4n) is 2.57. The van der Waals surface area contributed by atoms with Crippen LogP contribution in [0.4, 0.5) is 0 Å². The smallest absolute Gasteiger partial charge is 0.241 e. The van der Waals surface area contributed by atoms with Gasteiger partial charge in [0.15, 0.2) is 0 Å². The lowest BCUT2D eigenvalue weighted by molar-refractivity contribution is 0.116. The summed E-state index contributed by atoms with van der Waals surface area (Å²) in [5.74, 6) is 1.36. The van der Waals surface area contributed by atoms with Crippen molar-refractivity contribution in [3.63, 3.8) is 0 Å². The van der Waals surface area contributed by atoms with Crippen molar-refractivity contribution in [1.82, 2.24) is 19.9 Å². The number of hydrogen-bond donors (Lipinski definition) is 0. The molecule has 3 rings (SSSR count). The number of unbranched alkanes of at least 4 members (excludes halogenated alkanes) is 1. The van der Waals surface area contributed by atoms with Crippen LogP contribution in [0.1, 0.15) is 18.7 Å². The fraction of sp³-hybridized carbons (Fsp3) is 0.533. The summed E-state index contributed by atoms with van der Waals surface area (Å²) in [4.78, 5) is 10.3. The lowest BCUT2D eigenvalue weighted by Crippen LogP contribution is -2.46. The Balaban J connectivity index is 1.46. The molecule has 0 atom stereocenters. The fourth-order valence-corrected chi connectivity index (χ4v) is 3.22. The Kier molecular flexibility index (Phi) is 5.16. The molecular weight excluding hydrogens is 298 g/mol. The first-order chi connectivity index (χ1) is 10.8. The van der Waals surface area contributed by atoms with Crippen LogP contribution in [0.2, 0.25) is 0 Å². The number of aromatic nitrogens is 2. The molecule has 22 heavy (non-hydrogen) atoms. The standard InChI is InChI=1S/C15H19N5OS/c16-5-1-2-6-19-7-9-20(10-8-19)12-14-17-15(18-21-14)13-4-3-11-22-13/h3-4,11H,1-2,6-10,12H2. The van der Waals surface area contributed by atoms with Crippen molar-refractivity contribution in [1.29, 1.82) is 5.26 Å². The molecule has 6 nitrogen and oxygen atoms in total. The van der Waals surface area contributed by atoms with Gasteiger partial charge in [-0.25, -0.2) is 0 Å². The third-order valence-corrected chi connectivity index (χ3v) is 4.66. The molecule has 3 heterocycles. The second kappa shape index (κ2) is 7.49. The van der Waals surface area contributed by atoms with Gasteiger partial charge in [-0.3, -0.25) is 4.90 Å². The summed E-state index contributed by atoms with van der Waals surface area (Å²) in [6.07, 6.45) is 1.61. The molecule has 7 heteroatoms. The van der Waals surface area contributed by atoms with Gasteiger partial charge in [-0.2, -0.15) is 10.2 Å². The molecule has 1 saturated heterocycles. The van der Waals surface area contributed by atoms with Crippen LogP contribution in [0.15, 0.2) is 22.0 Å². The Bertz CT molecular complexity index is 610. The summed E-state index contributed by atoms with van der Waals surface area (Å²) < 4.78 is 5.35. The van der Waals surface area contributed by atoms with Gasteiger partial charge in [-0.15, -0.1) is 11.3 Å². The normalized spacial score (nSPS) is 16.7. The summed E-state index contributed by atoms with van der Waals surface area (Å²) in [5, 5.41) is 14.6. The van der Waals surface area contributed by atoms with Crippen molar-refractivity contribution in [3.05, 3.63) is 23.4 Å². The van der Waals surface area contributed by atoms with Gasteiger partial charge in [0.25, 0.3) is 0 Å². The second-order valence-corrected chi connectivity index (χ2v) is 6.32. The van der Waals surface area contributed by atoms with Gasteiger partial charge in [-0.1, -0.05) is 11.2 Å². The molecule has 2 aromatic rings. The topological polar surface area (TPSA) is 69.2 Å². The first-order valence-corrected chi connectivity index (χ1v) is 8.41. The van der Waals surface area contributed by atoms with Crippen LogP contribution in [0, 0.1) is 11.3 Å². The van der Waals surface area contributed by atoms with Gasteiger partial charge in [0, 0.05) is 32.6 Å². The molecule has 0 unspecified atom stereocenters. The van der Waals surface area contributed by atoms with Crippen molar-refractivity contribution in [2.45, 2.75) is 19.4 Å². The van der Waals surface area contributed by atoms with E-state index in [0.717, 1.165) is 44.0 Å². The van der Waals surface area contributed by atoms with E-state index in [4.69, 9.17) is 9.78 Å². The average molecular weight is 317 g/mol. The highest BCUT2D eigenvalue weighted by atomic mass is 32.1. The van der Waals surface area contributed by atoms with Gasteiger partial charge in [-0.05, 0) is 24.4 Å². The molecule has 1 aliphatic rings. The number of hydrogen-bond acceptors (Lipinski definition) is 7. The first kappa shape index (κ1) is 15.2. The molecule has 116 valence electrons. The summed E-state index contributed by atoms with van der Waals surface area (Å²) in [6, 6.07) is 6.19. The van der Waals surface area contributed by atoms with Crippen LogP contribution in [0.5, 0.6) is 0 Å². The Labute approximate surface area is 134 Å². The molecule has 0 radical (unpaired) electrons. The second-order valence-electron chi connectivity index (χ2n) is 5.37. The van der Waals surface area contributed by atoms with E-state index in [1.54, 1.807) is 11.3 Å². The number of nitriles is 1. The largest absolute Gasteiger partial charge is 0.338 e. The quantitative estimate of drug-likeness (QED) is 0.761. The molecule has 1 aliphatic heterocycles. The Morgan fingerprint density at radius 1 is 1.27 bits per heavy atom. The van der Waals surface area contributed by atoms with Crippen LogP contribution < -0.4 is 0 Å². The third-order valence-electron chi connectivity index (χ3n) is 3.80. The van der Waals surface area contributed by atoms with Gasteiger partial charge in [0.1, 0.15) is 0 Å². The van der Waals surface area contributed by atoms with E-state index in [-0.39, 0.29) is 0 Å². The molecule has 0 saturated carbocycles. The number of nitrogens with zero attached hydrogens (tertiary/aromatic N) is 5. The SMILES string of the molecule is N#CCCCN1CCN(Cc2nc(-c3cccs3)no2)CC1. The molecule has 0 N–H and O–H groups in total. The van der Waals surface area contributed by atoms with Crippen molar-refractivity contribution in [3.8, 4) is 16.8 Å². The monoisotopic (exact) mass is 317 g/mol. The predicted molar refractivity (Wildman–Crippen MR) is 84.2 cm³/mol. The van der Waals surface area contributed by atoms with E-state index in [9.17, 15) is 0 Å². The van der Waals surface area contributed by atoms with Crippen molar-refractivity contribution < 1.29 is 4.52 Å². The molecule has 0 spiro atoms. The van der Waals surface area contributed by atoms with E-state index in [2.05, 4.69) is 26.0 Å².